The number of carbonyl (C=O) groups is 1. The monoisotopic (exact) mass is 384 g/mol. The maximum atomic E-state index is 11.2. The van der Waals surface area contributed by atoms with Gasteiger partial charge in [-0.15, -0.1) is 0 Å². The van der Waals surface area contributed by atoms with Crippen molar-refractivity contribution < 1.29 is 15.0 Å². The summed E-state index contributed by atoms with van der Waals surface area (Å²) in [5.41, 5.74) is 1.15. The highest BCUT2D eigenvalue weighted by molar-refractivity contribution is 6.30. The van der Waals surface area contributed by atoms with Gasteiger partial charge < -0.3 is 20.8 Å². The van der Waals surface area contributed by atoms with Crippen molar-refractivity contribution in [3.8, 4) is 17.1 Å². The quantitative estimate of drug-likeness (QED) is 0.547. The minimum atomic E-state index is -0.864. The van der Waals surface area contributed by atoms with Crippen LogP contribution in [-0.2, 0) is 4.79 Å². The van der Waals surface area contributed by atoms with Gasteiger partial charge in [0.05, 0.1) is 11.1 Å². The Kier molecular flexibility index (Phi) is 4.55. The van der Waals surface area contributed by atoms with E-state index in [9.17, 15) is 9.90 Å². The third-order valence-electron chi connectivity index (χ3n) is 4.57. The second kappa shape index (κ2) is 7.02. The predicted octanol–water partition coefficient (Wildman–Crippen LogP) is 2.88. The average Bonchev–Trinajstić information content (AvgIpc) is 3.12. The Morgan fingerprint density at radius 2 is 2.04 bits per heavy atom. The molecule has 0 aliphatic carbocycles. The lowest BCUT2D eigenvalue weighted by Gasteiger charge is -2.15. The van der Waals surface area contributed by atoms with Gasteiger partial charge in [0.2, 0.25) is 0 Å². The molecule has 4 rings (SSSR count). The number of nitrogens with one attached hydrogen (secondary N) is 2. The summed E-state index contributed by atoms with van der Waals surface area (Å²) < 4.78 is 0. The first kappa shape index (κ1) is 17.5. The van der Waals surface area contributed by atoms with Crippen molar-refractivity contribution in [3.63, 3.8) is 0 Å². The first-order valence-electron chi connectivity index (χ1n) is 8.49. The highest BCUT2D eigenvalue weighted by Gasteiger charge is 2.29. The van der Waals surface area contributed by atoms with Crippen molar-refractivity contribution in [1.82, 2.24) is 15.3 Å². The van der Waals surface area contributed by atoms with E-state index in [-0.39, 0.29) is 11.8 Å². The van der Waals surface area contributed by atoms with Gasteiger partial charge in [0.25, 0.3) is 0 Å². The Labute approximate surface area is 160 Å². The SMILES string of the molecule is O=C(O)C1CC(Nc2nc(-c3cc(Cl)ccc3O)nc3ccccc23)CN1. The fourth-order valence-electron chi connectivity index (χ4n) is 3.22. The van der Waals surface area contributed by atoms with Crippen LogP contribution in [0.3, 0.4) is 0 Å². The number of halogens is 1. The molecule has 138 valence electrons. The number of hydrogen-bond acceptors (Lipinski definition) is 6. The normalized spacial score (nSPS) is 19.3. The predicted molar refractivity (Wildman–Crippen MR) is 103 cm³/mol. The number of nitrogens with zero attached hydrogens (tertiary/aromatic N) is 2. The number of aliphatic carboxylic acids is 1. The number of hydrogen-bond donors (Lipinski definition) is 4. The van der Waals surface area contributed by atoms with Crippen molar-refractivity contribution in [1.29, 1.82) is 0 Å². The number of aromatic hydroxyl groups is 1. The van der Waals surface area contributed by atoms with Gasteiger partial charge in [-0.25, -0.2) is 9.97 Å². The average molecular weight is 385 g/mol. The largest absolute Gasteiger partial charge is 0.507 e. The van der Waals surface area contributed by atoms with Gasteiger partial charge in [-0.05, 0) is 36.8 Å². The molecule has 0 spiro atoms. The van der Waals surface area contributed by atoms with Crippen LogP contribution in [-0.4, -0.2) is 44.8 Å². The van der Waals surface area contributed by atoms with Crippen molar-refractivity contribution in [2.24, 2.45) is 0 Å². The molecule has 27 heavy (non-hydrogen) atoms. The van der Waals surface area contributed by atoms with E-state index in [1.54, 1.807) is 12.1 Å². The van der Waals surface area contributed by atoms with Gasteiger partial charge in [-0.2, -0.15) is 0 Å². The molecule has 0 amide bonds. The number of phenols is 1. The number of fused-ring (bicyclic) bond motifs is 1. The van der Waals surface area contributed by atoms with Crippen LogP contribution >= 0.6 is 11.6 Å². The Balaban J connectivity index is 1.75. The summed E-state index contributed by atoms with van der Waals surface area (Å²) in [6, 6.07) is 11.6. The van der Waals surface area contributed by atoms with Gasteiger partial charge in [-0.3, -0.25) is 4.79 Å². The number of anilines is 1. The third kappa shape index (κ3) is 3.51. The van der Waals surface area contributed by atoms with Crippen molar-refractivity contribution in [2.75, 3.05) is 11.9 Å². The van der Waals surface area contributed by atoms with E-state index >= 15 is 0 Å². The van der Waals surface area contributed by atoms with Crippen LogP contribution in [0.25, 0.3) is 22.3 Å². The van der Waals surface area contributed by atoms with E-state index in [1.165, 1.54) is 6.07 Å². The number of benzene rings is 2. The van der Waals surface area contributed by atoms with Crippen LogP contribution in [0, 0.1) is 0 Å². The maximum Gasteiger partial charge on any atom is 0.320 e. The second-order valence-electron chi connectivity index (χ2n) is 6.45. The molecule has 0 bridgehead atoms. The van der Waals surface area contributed by atoms with Gasteiger partial charge >= 0.3 is 5.97 Å². The Hall–Kier alpha value is -2.90. The molecule has 2 unspecified atom stereocenters. The molecule has 0 saturated carbocycles. The fraction of sp³-hybridized carbons (Fsp3) is 0.211. The molecule has 2 atom stereocenters. The van der Waals surface area contributed by atoms with Crippen LogP contribution in [0.1, 0.15) is 6.42 Å². The van der Waals surface area contributed by atoms with E-state index in [1.807, 2.05) is 24.3 Å². The molecule has 1 aliphatic rings. The summed E-state index contributed by atoms with van der Waals surface area (Å²) in [7, 11) is 0. The summed E-state index contributed by atoms with van der Waals surface area (Å²) >= 11 is 6.06. The zero-order valence-corrected chi connectivity index (χ0v) is 14.9. The molecule has 3 aromatic rings. The van der Waals surface area contributed by atoms with Crippen molar-refractivity contribution in [2.45, 2.75) is 18.5 Å². The van der Waals surface area contributed by atoms with Crippen molar-refractivity contribution >= 4 is 34.3 Å². The molecule has 1 fully saturated rings. The fourth-order valence-corrected chi connectivity index (χ4v) is 3.39. The number of carboxylic acids is 1. The molecule has 4 N–H and O–H groups in total. The Bertz CT molecular complexity index is 1030. The van der Waals surface area contributed by atoms with E-state index in [4.69, 9.17) is 16.7 Å². The number of carboxylic acid groups (broad SMARTS) is 1. The molecule has 8 heteroatoms. The summed E-state index contributed by atoms with van der Waals surface area (Å²) in [6.07, 6.45) is 0.450. The maximum absolute atomic E-state index is 11.2. The van der Waals surface area contributed by atoms with Crippen LogP contribution in [0.15, 0.2) is 42.5 Å². The topological polar surface area (TPSA) is 107 Å². The van der Waals surface area contributed by atoms with Gasteiger partial charge in [0.1, 0.15) is 17.6 Å². The molecule has 7 nitrogen and oxygen atoms in total. The van der Waals surface area contributed by atoms with Crippen LogP contribution in [0.2, 0.25) is 5.02 Å². The molecular weight excluding hydrogens is 368 g/mol. The Morgan fingerprint density at radius 3 is 2.81 bits per heavy atom. The lowest BCUT2D eigenvalue weighted by atomic mass is 10.1. The zero-order chi connectivity index (χ0) is 19.0. The molecule has 2 aromatic carbocycles. The lowest BCUT2D eigenvalue weighted by Crippen LogP contribution is -2.30. The zero-order valence-electron chi connectivity index (χ0n) is 14.2. The molecule has 1 aliphatic heterocycles. The molecule has 2 heterocycles. The number of aromatic nitrogens is 2. The van der Waals surface area contributed by atoms with Crippen molar-refractivity contribution in [3.05, 3.63) is 47.5 Å². The second-order valence-corrected chi connectivity index (χ2v) is 6.89. The van der Waals surface area contributed by atoms with Gasteiger partial charge in [-0.1, -0.05) is 23.7 Å². The number of para-hydroxylation sites is 1. The molecule has 0 radical (unpaired) electrons. The first-order valence-corrected chi connectivity index (χ1v) is 8.87. The van der Waals surface area contributed by atoms with E-state index in [0.29, 0.717) is 40.7 Å². The smallest absolute Gasteiger partial charge is 0.320 e. The summed E-state index contributed by atoms with van der Waals surface area (Å²) in [5.74, 6) is 0.107. The highest BCUT2D eigenvalue weighted by Crippen LogP contribution is 2.32. The third-order valence-corrected chi connectivity index (χ3v) is 4.81. The van der Waals surface area contributed by atoms with E-state index in [0.717, 1.165) is 5.39 Å². The summed E-state index contributed by atoms with van der Waals surface area (Å²) in [4.78, 5) is 20.3. The van der Waals surface area contributed by atoms with E-state index in [2.05, 4.69) is 20.6 Å². The van der Waals surface area contributed by atoms with Gasteiger partial charge in [0, 0.05) is 23.0 Å². The number of rotatable bonds is 4. The Morgan fingerprint density at radius 1 is 1.22 bits per heavy atom. The highest BCUT2D eigenvalue weighted by atomic mass is 35.5. The summed E-state index contributed by atoms with van der Waals surface area (Å²) in [6.45, 7) is 0.521. The molecular formula is C19H17ClN4O3. The first-order chi connectivity index (χ1) is 13.0. The minimum Gasteiger partial charge on any atom is -0.507 e. The van der Waals surface area contributed by atoms with Crippen LogP contribution < -0.4 is 10.6 Å². The standard InChI is InChI=1S/C19H17ClN4O3/c20-10-5-6-16(25)13(7-10)18-23-14-4-2-1-3-12(14)17(24-18)22-11-8-15(19(26)27)21-9-11/h1-7,11,15,21,25H,8-9H2,(H,26,27)(H,22,23,24). The van der Waals surface area contributed by atoms with Crippen LogP contribution in [0.5, 0.6) is 5.75 Å². The minimum absolute atomic E-state index is 0.0362. The molecule has 1 saturated heterocycles. The number of phenolic OH excluding ortho intramolecular Hbond substituents is 1. The van der Waals surface area contributed by atoms with Crippen LogP contribution in [0.4, 0.5) is 5.82 Å². The molecule has 1 aromatic heterocycles. The van der Waals surface area contributed by atoms with Gasteiger partial charge in [0.15, 0.2) is 5.82 Å². The van der Waals surface area contributed by atoms with E-state index < -0.39 is 12.0 Å². The lowest BCUT2D eigenvalue weighted by molar-refractivity contribution is -0.139. The summed E-state index contributed by atoms with van der Waals surface area (Å²) in [5, 5.41) is 26.9.